The van der Waals surface area contributed by atoms with Crippen molar-refractivity contribution < 1.29 is 58.6 Å². The third-order valence-electron chi connectivity index (χ3n) is 4.36. The fourth-order valence-electron chi connectivity index (χ4n) is 2.93. The summed E-state index contributed by atoms with van der Waals surface area (Å²) in [6, 6.07) is -0.730. The summed E-state index contributed by atoms with van der Waals surface area (Å²) in [5.41, 5.74) is 4.58. The van der Waals surface area contributed by atoms with Crippen LogP contribution in [-0.2, 0) is 30.3 Å². The second-order valence-corrected chi connectivity index (χ2v) is 8.41. The Bertz CT molecular complexity index is 805. The Hall–Kier alpha value is -1.34. The molecule has 3 heterocycles. The number of rotatable bonds is 6. The molecule has 28 heavy (non-hydrogen) atoms. The molecule has 10 nitrogen and oxygen atoms in total. The van der Waals surface area contributed by atoms with Crippen LogP contribution in [0.25, 0.3) is 0 Å². The fraction of sp³-hybridized carbons (Fsp3) is 0.533. The number of carbonyl (C=O) groups excluding carboxylic acids is 4. The van der Waals surface area contributed by atoms with Crippen LogP contribution in [0.15, 0.2) is 5.38 Å². The number of anilines is 1. The van der Waals surface area contributed by atoms with Crippen LogP contribution in [0, 0.1) is 5.41 Å². The molecule has 2 amide bonds. The second-order valence-electron chi connectivity index (χ2n) is 6.41. The van der Waals surface area contributed by atoms with Gasteiger partial charge in [0.1, 0.15) is 18.0 Å². The van der Waals surface area contributed by atoms with Crippen LogP contribution in [-0.4, -0.2) is 64.0 Å². The summed E-state index contributed by atoms with van der Waals surface area (Å²) in [6.45, 7) is 0.683. The smallest absolute Gasteiger partial charge is 0.549 e. The number of thiazole rings is 1. The van der Waals surface area contributed by atoms with E-state index in [0.29, 0.717) is 10.8 Å². The van der Waals surface area contributed by atoms with Gasteiger partial charge in [-0.3, -0.25) is 14.4 Å². The molecule has 1 aromatic heterocycles. The molecule has 3 atom stereocenters. The standard InChI is InChI=1S/C15H18N4O6S2.Na/c1-7(20)25-5-15(13(23)24)4-19-11(22)10(12(19)27-6-15)18-9(21)2-8-3-26-14(16)17-8;/h3,10,12H,2,4-6H2,1H3,(H2,16,17)(H,18,21)(H,23,24);/q;+1/p-1/t10?,12-,15?;/m1./s1. The maximum atomic E-state index is 12.4. The number of carbonyl (C=O) groups is 4. The first kappa shape index (κ1) is 22.9. The predicted octanol–water partition coefficient (Wildman–Crippen LogP) is -5.03. The van der Waals surface area contributed by atoms with Gasteiger partial charge in [-0.1, -0.05) is 0 Å². The van der Waals surface area contributed by atoms with Gasteiger partial charge in [0.05, 0.1) is 23.5 Å². The molecule has 0 radical (unpaired) electrons. The van der Waals surface area contributed by atoms with Gasteiger partial charge in [0, 0.05) is 24.6 Å². The first-order valence-corrected chi connectivity index (χ1v) is 9.91. The summed E-state index contributed by atoms with van der Waals surface area (Å²) in [5.74, 6) is -2.63. The van der Waals surface area contributed by atoms with E-state index in [9.17, 15) is 24.3 Å². The zero-order valence-corrected chi connectivity index (χ0v) is 18.9. The van der Waals surface area contributed by atoms with Crippen molar-refractivity contribution in [2.24, 2.45) is 5.41 Å². The van der Waals surface area contributed by atoms with Crippen molar-refractivity contribution in [2.75, 3.05) is 24.6 Å². The van der Waals surface area contributed by atoms with Crippen LogP contribution < -0.4 is 45.7 Å². The first-order valence-electron chi connectivity index (χ1n) is 7.98. The Morgan fingerprint density at radius 1 is 1.50 bits per heavy atom. The van der Waals surface area contributed by atoms with Crippen molar-refractivity contribution in [2.45, 2.75) is 24.8 Å². The minimum Gasteiger partial charge on any atom is -0.549 e. The number of carboxylic acids is 1. The van der Waals surface area contributed by atoms with Gasteiger partial charge in [-0.25, -0.2) is 4.98 Å². The third-order valence-corrected chi connectivity index (χ3v) is 6.67. The van der Waals surface area contributed by atoms with Crippen molar-refractivity contribution >= 4 is 52.0 Å². The van der Waals surface area contributed by atoms with E-state index >= 15 is 0 Å². The second kappa shape index (κ2) is 8.99. The Balaban J connectivity index is 0.00000280. The van der Waals surface area contributed by atoms with Gasteiger partial charge in [-0.05, 0) is 0 Å². The van der Waals surface area contributed by atoms with Crippen molar-refractivity contribution in [1.29, 1.82) is 0 Å². The number of nitrogens with one attached hydrogen (secondary N) is 1. The Morgan fingerprint density at radius 3 is 2.79 bits per heavy atom. The fourth-order valence-corrected chi connectivity index (χ4v) is 5.01. The largest absolute Gasteiger partial charge is 1.00 e. The molecule has 0 bridgehead atoms. The number of nitrogens with zero attached hydrogens (tertiary/aromatic N) is 2. The molecule has 0 saturated carbocycles. The Labute approximate surface area is 190 Å². The molecule has 2 unspecified atom stereocenters. The van der Waals surface area contributed by atoms with Gasteiger partial charge in [-0.2, -0.15) is 0 Å². The summed E-state index contributed by atoms with van der Waals surface area (Å²) < 4.78 is 4.85. The third kappa shape index (κ3) is 4.62. The van der Waals surface area contributed by atoms with Crippen molar-refractivity contribution in [3.05, 3.63) is 11.1 Å². The van der Waals surface area contributed by atoms with Crippen LogP contribution in [0.5, 0.6) is 0 Å². The van der Waals surface area contributed by atoms with Crippen LogP contribution in [0.3, 0.4) is 0 Å². The number of aliphatic carboxylic acids is 1. The number of thioether (sulfide) groups is 1. The molecule has 2 aliphatic rings. The molecule has 2 saturated heterocycles. The molecular formula is C15H17N4NaO6S2. The quantitative estimate of drug-likeness (QED) is 0.253. The Morgan fingerprint density at radius 2 is 2.21 bits per heavy atom. The van der Waals surface area contributed by atoms with Crippen LogP contribution in [0.1, 0.15) is 12.6 Å². The van der Waals surface area contributed by atoms with Crippen LogP contribution in [0.4, 0.5) is 5.13 Å². The molecule has 0 aromatic carbocycles. The maximum absolute atomic E-state index is 12.4. The summed E-state index contributed by atoms with van der Waals surface area (Å²) in [7, 11) is 0. The van der Waals surface area contributed by atoms with E-state index < -0.39 is 23.4 Å². The number of amides is 2. The van der Waals surface area contributed by atoms with Crippen molar-refractivity contribution in [3.63, 3.8) is 0 Å². The van der Waals surface area contributed by atoms with Gasteiger partial charge in [0.25, 0.3) is 0 Å². The average Bonchev–Trinajstić information content (AvgIpc) is 3.02. The van der Waals surface area contributed by atoms with E-state index in [4.69, 9.17) is 10.5 Å². The number of hydrogen-bond acceptors (Lipinski definition) is 10. The molecule has 2 aliphatic heterocycles. The average molecular weight is 436 g/mol. The number of nitrogen functional groups attached to an aromatic ring is 1. The number of fused-ring (bicyclic) bond motifs is 1. The van der Waals surface area contributed by atoms with Gasteiger partial charge in [0.15, 0.2) is 5.13 Å². The van der Waals surface area contributed by atoms with E-state index in [2.05, 4.69) is 10.3 Å². The van der Waals surface area contributed by atoms with Gasteiger partial charge < -0.3 is 30.6 Å². The van der Waals surface area contributed by atoms with E-state index in [0.717, 1.165) is 0 Å². The predicted molar refractivity (Wildman–Crippen MR) is 94.2 cm³/mol. The van der Waals surface area contributed by atoms with E-state index in [-0.39, 0.29) is 72.1 Å². The molecule has 146 valence electrons. The molecule has 0 aliphatic carbocycles. The summed E-state index contributed by atoms with van der Waals surface area (Å²) in [5, 5.41) is 15.9. The topological polar surface area (TPSA) is 155 Å². The van der Waals surface area contributed by atoms with Crippen molar-refractivity contribution in [3.8, 4) is 0 Å². The van der Waals surface area contributed by atoms with Gasteiger partial charge >= 0.3 is 35.5 Å². The molecule has 0 spiro atoms. The molecule has 13 heteroatoms. The first-order chi connectivity index (χ1) is 12.7. The number of aromatic nitrogens is 1. The Kier molecular flexibility index (Phi) is 7.37. The minimum atomic E-state index is -1.46. The zero-order valence-electron chi connectivity index (χ0n) is 15.3. The SMILES string of the molecule is CC(=O)OCC1(C(=O)[O-])CS[C@@H]2C(NC(=O)Cc3csc(N)n3)C(=O)N2C1.[Na+]. The van der Waals surface area contributed by atoms with Crippen LogP contribution in [0.2, 0.25) is 0 Å². The monoisotopic (exact) mass is 436 g/mol. The van der Waals surface area contributed by atoms with Gasteiger partial charge in [0.2, 0.25) is 11.8 Å². The molecule has 2 fully saturated rings. The molecule has 3 rings (SSSR count). The van der Waals surface area contributed by atoms with E-state index in [1.165, 1.54) is 34.9 Å². The number of β-lactam (4-membered cyclic amide) rings is 1. The summed E-state index contributed by atoms with van der Waals surface area (Å²) >= 11 is 2.43. The van der Waals surface area contributed by atoms with E-state index in [1.54, 1.807) is 5.38 Å². The van der Waals surface area contributed by atoms with Crippen LogP contribution >= 0.6 is 23.1 Å². The maximum Gasteiger partial charge on any atom is 1.00 e. The molecular weight excluding hydrogens is 419 g/mol. The summed E-state index contributed by atoms with van der Waals surface area (Å²) in [6.07, 6.45) is 0.00427. The molecule has 1 aromatic rings. The number of ether oxygens (including phenoxy) is 1. The number of hydrogen-bond donors (Lipinski definition) is 2. The zero-order chi connectivity index (χ0) is 19.8. The summed E-state index contributed by atoms with van der Waals surface area (Å²) in [4.78, 5) is 52.5. The van der Waals surface area contributed by atoms with Crippen molar-refractivity contribution in [1.82, 2.24) is 15.2 Å². The number of nitrogens with two attached hydrogens (primary N) is 1. The minimum absolute atomic E-state index is 0. The number of carboxylic acid groups (broad SMARTS) is 1. The number of esters is 1. The normalized spacial score (nSPS) is 25.8. The molecule has 3 N–H and O–H groups in total. The van der Waals surface area contributed by atoms with Gasteiger partial charge in [-0.15, -0.1) is 23.1 Å². The van der Waals surface area contributed by atoms with E-state index in [1.807, 2.05) is 0 Å².